The molecule has 3 aliphatic heterocycles. The minimum Gasteiger partial charge on any atom is -0.489 e. The smallest absolute Gasteiger partial charge is 0.409 e. The topological polar surface area (TPSA) is 139 Å². The average Bonchev–Trinajstić information content (AvgIpc) is 3.78. The van der Waals surface area contributed by atoms with Gasteiger partial charge in [-0.1, -0.05) is 29.8 Å². The van der Waals surface area contributed by atoms with Crippen LogP contribution in [-0.4, -0.2) is 71.6 Å². The van der Waals surface area contributed by atoms with Gasteiger partial charge in [0, 0.05) is 41.4 Å². The van der Waals surface area contributed by atoms with Crippen LogP contribution in [0.15, 0.2) is 42.6 Å². The van der Waals surface area contributed by atoms with Gasteiger partial charge in [0.15, 0.2) is 11.6 Å². The standard InChI is InChI=1S/C29H19ClF5N7O2S.C7H12FN/c1-43-28-40-22-19-23(20(30)18(21(22)32)13-4-5-15(31)24-17(13)14(11-36)26(38)45-24)44-10-9-42(27(19)41-28)16(6-7-29(33,34)35)12-3-2-8-39-25(12)37;8-6-4-7-2-1-3-9(7)5-6/h2-8,16H,9-10,38H2,1H3,(H2,37,39);6-7H,1-5H2/b7-6-;. The third kappa shape index (κ3) is 6.78. The quantitative estimate of drug-likeness (QED) is 0.133. The lowest BCUT2D eigenvalue weighted by Crippen LogP contribution is -2.32. The van der Waals surface area contributed by atoms with Crippen LogP contribution in [0.25, 0.3) is 32.1 Å². The number of hydrogen-bond donors (Lipinski definition) is 2. The van der Waals surface area contributed by atoms with E-state index in [4.69, 9.17) is 32.5 Å². The van der Waals surface area contributed by atoms with Gasteiger partial charge in [0.05, 0.1) is 40.4 Å². The van der Waals surface area contributed by atoms with Crippen molar-refractivity contribution in [3.63, 3.8) is 0 Å². The first kappa shape index (κ1) is 37.3. The number of anilines is 3. The summed E-state index contributed by atoms with van der Waals surface area (Å²) in [5.74, 6) is -1.86. The van der Waals surface area contributed by atoms with Crippen molar-refractivity contribution in [2.24, 2.45) is 0 Å². The Morgan fingerprint density at radius 2 is 1.96 bits per heavy atom. The van der Waals surface area contributed by atoms with Gasteiger partial charge in [0.1, 0.15) is 46.8 Å². The lowest BCUT2D eigenvalue weighted by molar-refractivity contribution is -0.0801. The number of pyridine rings is 1. The van der Waals surface area contributed by atoms with Gasteiger partial charge in [0.2, 0.25) is 0 Å². The van der Waals surface area contributed by atoms with Crippen LogP contribution in [-0.2, 0) is 0 Å². The summed E-state index contributed by atoms with van der Waals surface area (Å²) in [6, 6.07) is 6.40. The molecule has 10 nitrogen and oxygen atoms in total. The van der Waals surface area contributed by atoms with Crippen molar-refractivity contribution in [3.05, 3.63) is 70.4 Å². The van der Waals surface area contributed by atoms with Crippen LogP contribution in [0.1, 0.15) is 36.4 Å². The van der Waals surface area contributed by atoms with E-state index in [1.807, 2.05) is 6.07 Å². The highest BCUT2D eigenvalue weighted by molar-refractivity contribution is 7.23. The number of aromatic nitrogens is 3. The number of nitrogens with two attached hydrogens (primary N) is 2. The summed E-state index contributed by atoms with van der Waals surface area (Å²) in [6.45, 7) is 1.64. The zero-order valence-corrected chi connectivity index (χ0v) is 30.0. The molecule has 5 aromatic rings. The second-order valence-corrected chi connectivity index (χ2v) is 14.3. The van der Waals surface area contributed by atoms with Crippen LogP contribution in [0.2, 0.25) is 5.02 Å². The number of fused-ring (bicyclic) bond motifs is 2. The molecule has 3 atom stereocenters. The molecule has 2 aromatic carbocycles. The summed E-state index contributed by atoms with van der Waals surface area (Å²) in [5.41, 5.74) is 11.7. The highest BCUT2D eigenvalue weighted by atomic mass is 35.5. The number of nitrogen functional groups attached to an aromatic ring is 2. The maximum Gasteiger partial charge on any atom is 0.409 e. The molecule has 6 heterocycles. The molecule has 54 heavy (non-hydrogen) atoms. The van der Waals surface area contributed by atoms with Crippen LogP contribution in [0, 0.1) is 23.0 Å². The van der Waals surface area contributed by atoms with Crippen molar-refractivity contribution in [2.45, 2.75) is 43.7 Å². The summed E-state index contributed by atoms with van der Waals surface area (Å²) >= 11 is 7.67. The summed E-state index contributed by atoms with van der Waals surface area (Å²) < 4.78 is 95.8. The van der Waals surface area contributed by atoms with Gasteiger partial charge in [-0.2, -0.15) is 28.4 Å². The van der Waals surface area contributed by atoms with Crippen molar-refractivity contribution in [1.29, 1.82) is 5.26 Å². The number of hydrogen-bond acceptors (Lipinski definition) is 11. The Morgan fingerprint density at radius 1 is 1.17 bits per heavy atom. The monoisotopic (exact) mass is 788 g/mol. The molecule has 0 radical (unpaired) electrons. The SMILES string of the molecule is COc1nc2c3c(c(Cl)c(-c4ccc(F)c5sc(N)c(C#N)c45)c(F)c3n1)OCCN2C(/C=C\C(F)(F)F)c1cccnc1N.FC1CC2CCCN2C1. The lowest BCUT2D eigenvalue weighted by atomic mass is 9.96. The molecule has 0 saturated carbocycles. The molecule has 0 amide bonds. The van der Waals surface area contributed by atoms with Crippen LogP contribution in [0.4, 0.5) is 43.0 Å². The van der Waals surface area contributed by atoms with E-state index in [2.05, 4.69) is 19.9 Å². The predicted molar refractivity (Wildman–Crippen MR) is 194 cm³/mol. The number of thiophene rings is 1. The van der Waals surface area contributed by atoms with Gasteiger partial charge in [0.25, 0.3) is 0 Å². The second-order valence-electron chi connectivity index (χ2n) is 12.8. The number of nitriles is 1. The molecular formula is C36H31ClF6N8O2S. The highest BCUT2D eigenvalue weighted by Gasteiger charge is 2.36. The first-order valence-corrected chi connectivity index (χ1v) is 17.9. The van der Waals surface area contributed by atoms with E-state index in [0.29, 0.717) is 12.6 Å². The summed E-state index contributed by atoms with van der Waals surface area (Å²) in [7, 11) is 1.23. The zero-order valence-electron chi connectivity index (χ0n) is 28.4. The predicted octanol–water partition coefficient (Wildman–Crippen LogP) is 8.13. The number of allylic oxidation sites excluding steroid dienone is 1. The Kier molecular flexibility index (Phi) is 10.1. The van der Waals surface area contributed by atoms with Crippen molar-refractivity contribution < 1.29 is 35.8 Å². The zero-order chi connectivity index (χ0) is 38.5. The van der Waals surface area contributed by atoms with Crippen molar-refractivity contribution in [1.82, 2.24) is 19.9 Å². The molecule has 0 bridgehead atoms. The van der Waals surface area contributed by atoms with Gasteiger partial charge < -0.3 is 25.8 Å². The molecule has 0 spiro atoms. The minimum absolute atomic E-state index is 0.0179. The molecule has 3 aromatic heterocycles. The molecule has 2 saturated heterocycles. The number of benzene rings is 2. The number of methoxy groups -OCH3 is 1. The maximum atomic E-state index is 16.8. The van der Waals surface area contributed by atoms with Crippen LogP contribution in [0.3, 0.4) is 0 Å². The number of halogens is 7. The Balaban J connectivity index is 0.000000433. The third-order valence-corrected chi connectivity index (χ3v) is 11.0. The van der Waals surface area contributed by atoms with E-state index >= 15 is 4.39 Å². The Bertz CT molecular complexity index is 2320. The molecule has 2 fully saturated rings. The number of ether oxygens (including phenoxy) is 2. The maximum absolute atomic E-state index is 16.8. The fraction of sp³-hybridized carbons (Fsp3) is 0.333. The highest BCUT2D eigenvalue weighted by Crippen LogP contribution is 2.51. The molecule has 3 unspecified atom stereocenters. The summed E-state index contributed by atoms with van der Waals surface area (Å²) in [4.78, 5) is 16.3. The first-order valence-electron chi connectivity index (χ1n) is 16.7. The van der Waals surface area contributed by atoms with Crippen molar-refractivity contribution in [2.75, 3.05) is 49.7 Å². The number of nitrogens with zero attached hydrogens (tertiary/aromatic N) is 6. The molecule has 8 rings (SSSR count). The molecule has 3 aliphatic rings. The fourth-order valence-electron chi connectivity index (χ4n) is 7.32. The van der Waals surface area contributed by atoms with Gasteiger partial charge in [-0.25, -0.2) is 18.2 Å². The molecule has 282 valence electrons. The van der Waals surface area contributed by atoms with Crippen LogP contribution < -0.4 is 25.8 Å². The van der Waals surface area contributed by atoms with E-state index in [9.17, 15) is 27.2 Å². The Morgan fingerprint density at radius 3 is 2.67 bits per heavy atom. The number of alkyl halides is 4. The van der Waals surface area contributed by atoms with Gasteiger partial charge in [-0.3, -0.25) is 4.90 Å². The van der Waals surface area contributed by atoms with E-state index < -0.39 is 30.0 Å². The van der Waals surface area contributed by atoms with Gasteiger partial charge in [-0.05, 0) is 43.5 Å². The Labute approximate surface area is 313 Å². The molecule has 4 N–H and O–H groups in total. The first-order chi connectivity index (χ1) is 25.8. The molecule has 0 aliphatic carbocycles. The summed E-state index contributed by atoms with van der Waals surface area (Å²) in [6.07, 6.45) is 0.463. The van der Waals surface area contributed by atoms with Gasteiger partial charge in [-0.15, -0.1) is 11.3 Å². The molecular weight excluding hydrogens is 758 g/mol. The normalized spacial score (nSPS) is 19.0. The van der Waals surface area contributed by atoms with Gasteiger partial charge >= 0.3 is 12.2 Å². The summed E-state index contributed by atoms with van der Waals surface area (Å²) in [5, 5.41) is 9.54. The van der Waals surface area contributed by atoms with E-state index in [1.165, 1.54) is 49.2 Å². The second kappa shape index (κ2) is 14.6. The van der Waals surface area contributed by atoms with E-state index in [-0.39, 0.29) is 95.9 Å². The minimum atomic E-state index is -4.67. The van der Waals surface area contributed by atoms with E-state index in [0.717, 1.165) is 36.4 Å². The van der Waals surface area contributed by atoms with Crippen molar-refractivity contribution in [3.8, 4) is 29.0 Å². The average molecular weight is 789 g/mol. The third-order valence-electron chi connectivity index (χ3n) is 9.63. The largest absolute Gasteiger partial charge is 0.489 e. The van der Waals surface area contributed by atoms with Crippen molar-refractivity contribution >= 4 is 60.6 Å². The Hall–Kier alpha value is -5.05. The molecule has 18 heteroatoms. The number of rotatable bonds is 5. The van der Waals surface area contributed by atoms with E-state index in [1.54, 1.807) is 0 Å². The van der Waals surface area contributed by atoms with Crippen LogP contribution in [0.5, 0.6) is 11.8 Å². The van der Waals surface area contributed by atoms with Crippen LogP contribution >= 0.6 is 22.9 Å². The lowest BCUT2D eigenvalue weighted by Gasteiger charge is -2.31. The fourth-order valence-corrected chi connectivity index (χ4v) is 8.60.